The van der Waals surface area contributed by atoms with Crippen LogP contribution in [0.25, 0.3) is 93.2 Å². The summed E-state index contributed by atoms with van der Waals surface area (Å²) < 4.78 is 2.41. The van der Waals surface area contributed by atoms with E-state index >= 15 is 0 Å². The van der Waals surface area contributed by atoms with Crippen molar-refractivity contribution in [2.24, 2.45) is 0 Å². The van der Waals surface area contributed by atoms with E-state index in [1.165, 1.54) is 110 Å². The molecular formula is C67H42N2. The Hall–Kier alpha value is -8.98. The molecule has 1 spiro atoms. The number of hydrogen-bond acceptors (Lipinski definition) is 1. The largest absolute Gasteiger partial charge is 0.310 e. The van der Waals surface area contributed by atoms with Crippen molar-refractivity contribution < 1.29 is 0 Å². The van der Waals surface area contributed by atoms with Gasteiger partial charge in [-0.15, -0.1) is 0 Å². The van der Waals surface area contributed by atoms with Crippen LogP contribution in [0.15, 0.2) is 255 Å². The molecule has 12 aromatic carbocycles. The number of para-hydroxylation sites is 3. The second kappa shape index (κ2) is 14.5. The summed E-state index contributed by atoms with van der Waals surface area (Å²) >= 11 is 0. The van der Waals surface area contributed by atoms with Gasteiger partial charge in [0, 0.05) is 33.4 Å². The lowest BCUT2D eigenvalue weighted by Gasteiger charge is -2.33. The van der Waals surface area contributed by atoms with E-state index in [4.69, 9.17) is 0 Å². The Morgan fingerprint density at radius 3 is 1.41 bits per heavy atom. The second-order valence-corrected chi connectivity index (χ2v) is 18.7. The number of aromatic nitrogens is 1. The van der Waals surface area contributed by atoms with Gasteiger partial charge in [0.25, 0.3) is 0 Å². The molecule has 0 saturated carbocycles. The van der Waals surface area contributed by atoms with Crippen LogP contribution in [0, 0.1) is 0 Å². The first-order valence-electron chi connectivity index (χ1n) is 24.0. The van der Waals surface area contributed by atoms with E-state index in [1.54, 1.807) is 0 Å². The molecule has 0 radical (unpaired) electrons. The number of benzene rings is 12. The van der Waals surface area contributed by atoms with E-state index in [0.29, 0.717) is 0 Å². The zero-order chi connectivity index (χ0) is 45.2. The van der Waals surface area contributed by atoms with Gasteiger partial charge in [-0.05, 0) is 149 Å². The normalized spacial score (nSPS) is 13.0. The molecule has 2 nitrogen and oxygen atoms in total. The molecule has 1 heterocycles. The van der Waals surface area contributed by atoms with Crippen molar-refractivity contribution in [3.63, 3.8) is 0 Å². The van der Waals surface area contributed by atoms with Crippen LogP contribution in [-0.2, 0) is 5.41 Å². The van der Waals surface area contributed by atoms with Gasteiger partial charge in [-0.25, -0.2) is 0 Å². The van der Waals surface area contributed by atoms with Gasteiger partial charge in [-0.2, -0.15) is 0 Å². The maximum atomic E-state index is 2.57. The number of nitrogens with zero attached hydrogens (tertiary/aromatic N) is 2. The number of rotatable bonds is 5. The number of anilines is 3. The topological polar surface area (TPSA) is 8.17 Å². The highest BCUT2D eigenvalue weighted by atomic mass is 15.1. The second-order valence-electron chi connectivity index (χ2n) is 18.7. The van der Waals surface area contributed by atoms with Gasteiger partial charge < -0.3 is 9.47 Å². The molecule has 2 aliphatic rings. The van der Waals surface area contributed by atoms with Gasteiger partial charge in [0.2, 0.25) is 0 Å². The van der Waals surface area contributed by atoms with E-state index in [0.717, 1.165) is 22.7 Å². The first-order valence-corrected chi connectivity index (χ1v) is 24.0. The minimum atomic E-state index is -0.514. The molecule has 0 bridgehead atoms. The van der Waals surface area contributed by atoms with Crippen molar-refractivity contribution in [3.8, 4) is 39.1 Å². The van der Waals surface area contributed by atoms with Crippen molar-refractivity contribution in [1.82, 2.24) is 4.57 Å². The third-order valence-electron chi connectivity index (χ3n) is 15.4. The van der Waals surface area contributed by atoms with E-state index in [1.807, 2.05) is 0 Å². The van der Waals surface area contributed by atoms with Crippen LogP contribution < -0.4 is 4.90 Å². The molecular weight excluding hydrogens is 833 g/mol. The predicted molar refractivity (Wildman–Crippen MR) is 290 cm³/mol. The van der Waals surface area contributed by atoms with Crippen LogP contribution >= 0.6 is 0 Å². The highest BCUT2D eigenvalue weighted by Crippen LogP contribution is 2.64. The lowest BCUT2D eigenvalue weighted by molar-refractivity contribution is 0.794. The zero-order valence-corrected chi connectivity index (χ0v) is 37.6. The van der Waals surface area contributed by atoms with Crippen LogP contribution in [-0.4, -0.2) is 4.57 Å². The summed E-state index contributed by atoms with van der Waals surface area (Å²) in [6.07, 6.45) is 0. The Morgan fingerprint density at radius 1 is 0.275 bits per heavy atom. The highest BCUT2D eigenvalue weighted by Gasteiger charge is 2.52. The molecule has 2 aliphatic carbocycles. The van der Waals surface area contributed by atoms with Crippen molar-refractivity contribution in [2.45, 2.75) is 5.41 Å². The quantitative estimate of drug-likeness (QED) is 0.156. The molecule has 1 aromatic heterocycles. The van der Waals surface area contributed by atoms with Gasteiger partial charge >= 0.3 is 0 Å². The minimum absolute atomic E-state index is 0.514. The molecule has 2 heteroatoms. The van der Waals surface area contributed by atoms with Crippen molar-refractivity contribution in [2.75, 3.05) is 4.90 Å². The van der Waals surface area contributed by atoms with Gasteiger partial charge in [-0.1, -0.05) is 188 Å². The fourth-order valence-corrected chi connectivity index (χ4v) is 12.6. The fraction of sp³-hybridized carbons (Fsp3) is 0.0149. The SMILES string of the molecule is c1ccc(N(c2ccc3c4ccccc4c4ccccc4c3c2)c2cc3c(cc2-c2ccc4c(c2)c2ccccc2n4-c2ccccc2)-c2ccccc2C32c3ccccc3-c3ccccc32)cc1. The van der Waals surface area contributed by atoms with Crippen molar-refractivity contribution in [1.29, 1.82) is 0 Å². The molecule has 0 aliphatic heterocycles. The summed E-state index contributed by atoms with van der Waals surface area (Å²) in [6, 6.07) is 95.1. The lowest BCUT2D eigenvalue weighted by Crippen LogP contribution is -2.26. The Morgan fingerprint density at radius 2 is 0.768 bits per heavy atom. The van der Waals surface area contributed by atoms with E-state index < -0.39 is 5.41 Å². The molecule has 0 amide bonds. The highest BCUT2D eigenvalue weighted by molar-refractivity contribution is 6.26. The third kappa shape index (κ3) is 5.26. The molecule has 0 N–H and O–H groups in total. The van der Waals surface area contributed by atoms with Gasteiger partial charge in [0.05, 0.1) is 22.1 Å². The van der Waals surface area contributed by atoms with E-state index in [9.17, 15) is 0 Å². The zero-order valence-electron chi connectivity index (χ0n) is 37.6. The molecule has 15 rings (SSSR count). The van der Waals surface area contributed by atoms with Crippen LogP contribution in [0.1, 0.15) is 22.3 Å². The molecule has 0 unspecified atom stereocenters. The Bertz CT molecular complexity index is 4170. The molecule has 0 saturated heterocycles. The maximum Gasteiger partial charge on any atom is 0.0726 e. The summed E-state index contributed by atoms with van der Waals surface area (Å²) in [5, 5.41) is 10.0. The first kappa shape index (κ1) is 38.2. The van der Waals surface area contributed by atoms with Gasteiger partial charge in [-0.3, -0.25) is 0 Å². The smallest absolute Gasteiger partial charge is 0.0726 e. The summed E-state index contributed by atoms with van der Waals surface area (Å²) in [6.45, 7) is 0. The molecule has 13 aromatic rings. The number of hydrogen-bond donors (Lipinski definition) is 0. The monoisotopic (exact) mass is 874 g/mol. The van der Waals surface area contributed by atoms with Crippen molar-refractivity contribution >= 4 is 71.2 Å². The van der Waals surface area contributed by atoms with Crippen LogP contribution in [0.2, 0.25) is 0 Å². The number of fused-ring (bicyclic) bond motifs is 19. The molecule has 69 heavy (non-hydrogen) atoms. The maximum absolute atomic E-state index is 2.57. The standard InChI is InChI=1S/C67H42N2/c1-3-19-44(20-4-1)68(46-36-37-51-49-25-8-7-23-47(49)48-24-9-10-26-50(48)57(51)40-46)66-42-63-58(54-29-13-17-33-62(54)67(63)60-31-15-11-27-52(60)53-28-12-16-32-61(53)67)41-56(66)43-35-38-65-59(39-43)55-30-14-18-34-64(55)69(65)45-21-5-2-6-22-45/h1-42H. The summed E-state index contributed by atoms with van der Waals surface area (Å²) in [4.78, 5) is 2.53. The minimum Gasteiger partial charge on any atom is -0.310 e. The fourth-order valence-electron chi connectivity index (χ4n) is 12.6. The van der Waals surface area contributed by atoms with Crippen LogP contribution in [0.5, 0.6) is 0 Å². The summed E-state index contributed by atoms with van der Waals surface area (Å²) in [7, 11) is 0. The average molecular weight is 875 g/mol. The Balaban J connectivity index is 1.07. The molecule has 0 atom stereocenters. The average Bonchev–Trinajstić information content (AvgIpc) is 4.03. The predicted octanol–water partition coefficient (Wildman–Crippen LogP) is 17.7. The summed E-state index contributed by atoms with van der Waals surface area (Å²) in [5.74, 6) is 0. The van der Waals surface area contributed by atoms with Crippen LogP contribution in [0.4, 0.5) is 17.1 Å². The van der Waals surface area contributed by atoms with E-state index in [2.05, 4.69) is 264 Å². The van der Waals surface area contributed by atoms with Gasteiger partial charge in [0.1, 0.15) is 0 Å². The first-order chi connectivity index (χ1) is 34.3. The Labute approximate surface area is 400 Å². The Kier molecular flexibility index (Phi) is 8.02. The van der Waals surface area contributed by atoms with Crippen LogP contribution in [0.3, 0.4) is 0 Å². The molecule has 320 valence electrons. The van der Waals surface area contributed by atoms with Gasteiger partial charge in [0.15, 0.2) is 0 Å². The molecule has 0 fully saturated rings. The third-order valence-corrected chi connectivity index (χ3v) is 15.4. The van der Waals surface area contributed by atoms with Crippen molar-refractivity contribution in [3.05, 3.63) is 277 Å². The lowest BCUT2D eigenvalue weighted by atomic mass is 9.70. The van der Waals surface area contributed by atoms with E-state index in [-0.39, 0.29) is 0 Å². The summed E-state index contributed by atoms with van der Waals surface area (Å²) in [5.41, 5.74) is 19.2.